The van der Waals surface area contributed by atoms with Gasteiger partial charge < -0.3 is 30.1 Å². The fourth-order valence-electron chi connectivity index (χ4n) is 2.60. The van der Waals surface area contributed by atoms with Gasteiger partial charge in [0.05, 0.1) is 33.4 Å². The van der Waals surface area contributed by atoms with Crippen LogP contribution in [0.25, 0.3) is 0 Å². The predicted octanol–water partition coefficient (Wildman–Crippen LogP) is 2.19. The van der Waals surface area contributed by atoms with Crippen molar-refractivity contribution in [3.63, 3.8) is 0 Å². The topological polar surface area (TPSA) is 221 Å². The number of carbonyl (C=O) groups excluding carboxylic acids is 2. The molecule has 0 aliphatic heterocycles. The Hall–Kier alpha value is -5.33. The van der Waals surface area contributed by atoms with E-state index in [1.807, 2.05) is 6.92 Å². The number of hydrogen-bond donors (Lipinski definition) is 5. The molecule has 180 valence electrons. The van der Waals surface area contributed by atoms with Crippen molar-refractivity contribution < 1.29 is 53.9 Å². The van der Waals surface area contributed by atoms with E-state index in [9.17, 15) is 28.8 Å². The second-order valence-electron chi connectivity index (χ2n) is 6.59. The van der Waals surface area contributed by atoms with E-state index in [4.69, 9.17) is 20.4 Å². The van der Waals surface area contributed by atoms with Crippen molar-refractivity contribution in [3.8, 4) is 0 Å². The van der Waals surface area contributed by atoms with Gasteiger partial charge >= 0.3 is 35.8 Å². The number of ether oxygens (including phenoxy) is 1. The number of esters is 2. The minimum Gasteiger partial charge on any atom is -0.478 e. The normalized spacial score (nSPS) is 9.86. The number of benzene rings is 2. The lowest BCUT2D eigenvalue weighted by molar-refractivity contribution is 0.0385. The molecule has 0 unspecified atom stereocenters. The van der Waals surface area contributed by atoms with Crippen molar-refractivity contribution in [2.45, 2.75) is 6.92 Å². The van der Waals surface area contributed by atoms with E-state index in [1.165, 1.54) is 0 Å². The highest BCUT2D eigenvalue weighted by atomic mass is 16.6. The van der Waals surface area contributed by atoms with Crippen LogP contribution in [0.2, 0.25) is 0 Å². The third-order valence-electron chi connectivity index (χ3n) is 4.25. The number of carboxylic acids is 4. The molecule has 1 heterocycles. The summed E-state index contributed by atoms with van der Waals surface area (Å²) >= 11 is 0. The first-order valence-electron chi connectivity index (χ1n) is 9.36. The second kappa shape index (κ2) is 11.0. The molecular formula is C22H16N2O11. The van der Waals surface area contributed by atoms with Crippen molar-refractivity contribution >= 4 is 35.8 Å². The molecule has 0 amide bonds. The van der Waals surface area contributed by atoms with Crippen LogP contribution in [-0.4, -0.2) is 66.2 Å². The first kappa shape index (κ1) is 25.9. The lowest BCUT2D eigenvalue weighted by Crippen LogP contribution is -2.19. The molecule has 0 saturated carbocycles. The number of aryl methyl sites for hydroxylation is 1. The Morgan fingerprint density at radius 1 is 0.686 bits per heavy atom. The molecule has 0 aliphatic carbocycles. The van der Waals surface area contributed by atoms with Gasteiger partial charge in [-0.25, -0.2) is 33.8 Å². The Kier molecular flexibility index (Phi) is 8.15. The van der Waals surface area contributed by atoms with Crippen molar-refractivity contribution in [3.05, 3.63) is 88.0 Å². The fraction of sp³-hybridized carbons (Fsp3) is 0.0455. The van der Waals surface area contributed by atoms with Gasteiger partial charge in [0, 0.05) is 12.4 Å². The monoisotopic (exact) mass is 484 g/mol. The zero-order valence-electron chi connectivity index (χ0n) is 17.7. The van der Waals surface area contributed by atoms with Gasteiger partial charge in [-0.3, -0.25) is 0 Å². The van der Waals surface area contributed by atoms with Gasteiger partial charge in [-0.05, 0) is 43.3 Å². The number of imidazole rings is 1. The number of nitrogens with zero attached hydrogens (tertiary/aromatic N) is 1. The molecule has 0 bridgehead atoms. The second-order valence-corrected chi connectivity index (χ2v) is 6.59. The van der Waals surface area contributed by atoms with E-state index in [-0.39, 0.29) is 0 Å². The molecule has 5 N–H and O–H groups in total. The highest BCUT2D eigenvalue weighted by Gasteiger charge is 2.26. The number of aromatic carboxylic acids is 4. The first-order chi connectivity index (χ1) is 16.4. The smallest absolute Gasteiger partial charge is 0.346 e. The largest absolute Gasteiger partial charge is 0.478 e. The van der Waals surface area contributed by atoms with Crippen LogP contribution in [0.15, 0.2) is 48.8 Å². The molecule has 0 atom stereocenters. The molecule has 13 nitrogen and oxygen atoms in total. The Labute approximate surface area is 195 Å². The van der Waals surface area contributed by atoms with E-state index < -0.39 is 69.2 Å². The molecule has 1 aromatic heterocycles. The zero-order valence-corrected chi connectivity index (χ0v) is 17.7. The van der Waals surface area contributed by atoms with Gasteiger partial charge in [-0.2, -0.15) is 0 Å². The minimum absolute atomic E-state index is 0.428. The van der Waals surface area contributed by atoms with Gasteiger partial charge in [0.2, 0.25) is 0 Å². The number of H-pyrrole nitrogens is 1. The van der Waals surface area contributed by atoms with Crippen LogP contribution < -0.4 is 0 Å². The highest BCUT2D eigenvalue weighted by molar-refractivity contribution is 6.11. The lowest BCUT2D eigenvalue weighted by Gasteiger charge is -2.09. The average Bonchev–Trinajstić information content (AvgIpc) is 3.29. The molecule has 0 spiro atoms. The van der Waals surface area contributed by atoms with Crippen LogP contribution in [0.3, 0.4) is 0 Å². The van der Waals surface area contributed by atoms with Gasteiger partial charge in [0.1, 0.15) is 5.82 Å². The van der Waals surface area contributed by atoms with Crippen molar-refractivity contribution in [2.24, 2.45) is 0 Å². The maximum Gasteiger partial charge on any atom is 0.346 e. The number of hydrogen-bond acceptors (Lipinski definition) is 8. The number of rotatable bonds is 6. The quantitative estimate of drug-likeness (QED) is 0.251. The number of carbonyl (C=O) groups is 6. The van der Waals surface area contributed by atoms with Gasteiger partial charge in [0.25, 0.3) is 0 Å². The zero-order chi connectivity index (χ0) is 26.3. The van der Waals surface area contributed by atoms with Crippen molar-refractivity contribution in [2.75, 3.05) is 0 Å². The van der Waals surface area contributed by atoms with Crippen LogP contribution in [0.1, 0.15) is 68.0 Å². The van der Waals surface area contributed by atoms with Crippen molar-refractivity contribution in [1.29, 1.82) is 0 Å². The van der Waals surface area contributed by atoms with Crippen LogP contribution in [0.5, 0.6) is 0 Å². The summed E-state index contributed by atoms with van der Waals surface area (Å²) in [5, 5.41) is 36.1. The van der Waals surface area contributed by atoms with E-state index in [0.29, 0.717) is 12.1 Å². The van der Waals surface area contributed by atoms with Crippen LogP contribution >= 0.6 is 0 Å². The molecular weight excluding hydrogens is 468 g/mol. The molecule has 0 radical (unpaired) electrons. The first-order valence-corrected chi connectivity index (χ1v) is 9.36. The van der Waals surface area contributed by atoms with Gasteiger partial charge in [-0.1, -0.05) is 0 Å². The van der Waals surface area contributed by atoms with Crippen LogP contribution in [-0.2, 0) is 4.74 Å². The van der Waals surface area contributed by atoms with E-state index >= 15 is 0 Å². The Balaban J connectivity index is 0.000000625. The van der Waals surface area contributed by atoms with E-state index in [1.54, 1.807) is 12.4 Å². The summed E-state index contributed by atoms with van der Waals surface area (Å²) in [4.78, 5) is 75.6. The third kappa shape index (κ3) is 6.58. The fourth-order valence-corrected chi connectivity index (χ4v) is 2.60. The average molecular weight is 484 g/mol. The van der Waals surface area contributed by atoms with E-state index in [0.717, 1.165) is 30.1 Å². The predicted molar refractivity (Wildman–Crippen MR) is 114 cm³/mol. The number of aromatic amines is 1. The molecule has 0 aliphatic rings. The maximum absolute atomic E-state index is 12.2. The summed E-state index contributed by atoms with van der Waals surface area (Å²) in [7, 11) is 0. The Bertz CT molecular complexity index is 1240. The highest BCUT2D eigenvalue weighted by Crippen LogP contribution is 2.18. The number of nitrogens with one attached hydrogen (secondary N) is 1. The van der Waals surface area contributed by atoms with Crippen LogP contribution in [0.4, 0.5) is 0 Å². The molecule has 3 aromatic rings. The van der Waals surface area contributed by atoms with Gasteiger partial charge in [-0.15, -0.1) is 0 Å². The van der Waals surface area contributed by atoms with Gasteiger partial charge in [0.15, 0.2) is 0 Å². The minimum atomic E-state index is -1.66. The molecule has 2 aromatic carbocycles. The Morgan fingerprint density at radius 2 is 1.11 bits per heavy atom. The summed E-state index contributed by atoms with van der Waals surface area (Å²) < 4.78 is 4.51. The SMILES string of the molecule is Cc1ncc[nH]1.O=C(O)c1ccc(C(=O)OC(=O)c2ccc(C(=O)O)cc2C(=O)O)c(C(=O)O)c1. The molecule has 3 rings (SSSR count). The summed E-state index contributed by atoms with van der Waals surface area (Å²) in [6, 6.07) is 4.87. The summed E-state index contributed by atoms with van der Waals surface area (Å²) in [5.74, 6) is -8.20. The van der Waals surface area contributed by atoms with E-state index in [2.05, 4.69) is 14.7 Å². The summed E-state index contributed by atoms with van der Waals surface area (Å²) in [5.41, 5.74) is -3.64. The molecule has 0 fully saturated rings. The summed E-state index contributed by atoms with van der Waals surface area (Å²) in [6.07, 6.45) is 3.53. The standard InChI is InChI=1S/C18H10O11.C4H6N2/c19-13(20)7-1-3-9(11(5-7)15(23)24)17(27)29-18(28)10-4-2-8(14(21)22)6-12(10)16(25)26;1-4-5-2-3-6-4/h1-6H,(H,19,20)(H,21,22)(H,23,24)(H,25,26);2-3H,1H3,(H,5,6). The summed E-state index contributed by atoms with van der Waals surface area (Å²) in [6.45, 7) is 1.92. The van der Waals surface area contributed by atoms with Crippen molar-refractivity contribution in [1.82, 2.24) is 9.97 Å². The number of aromatic nitrogens is 2. The van der Waals surface area contributed by atoms with Crippen LogP contribution in [0, 0.1) is 6.92 Å². The lowest BCUT2D eigenvalue weighted by atomic mass is 10.0. The molecule has 35 heavy (non-hydrogen) atoms. The molecule has 13 heteroatoms. The molecule has 0 saturated heterocycles. The maximum atomic E-state index is 12.2. The number of carboxylic acid groups (broad SMARTS) is 4. The third-order valence-corrected chi connectivity index (χ3v) is 4.25. The Morgan fingerprint density at radius 3 is 1.37 bits per heavy atom.